The maximum Gasteiger partial charge on any atom is 0.273 e. The van der Waals surface area contributed by atoms with Crippen LogP contribution in [0, 0.1) is 6.92 Å². The van der Waals surface area contributed by atoms with Crippen molar-refractivity contribution in [3.8, 4) is 0 Å². The third-order valence-corrected chi connectivity index (χ3v) is 4.84. The fourth-order valence-electron chi connectivity index (χ4n) is 2.99. The molecule has 0 radical (unpaired) electrons. The van der Waals surface area contributed by atoms with Crippen molar-refractivity contribution in [1.82, 2.24) is 25.7 Å². The number of aromatic nitrogens is 2. The lowest BCUT2D eigenvalue weighted by Crippen LogP contribution is -2.42. The van der Waals surface area contributed by atoms with Crippen molar-refractivity contribution in [3.05, 3.63) is 34.1 Å². The van der Waals surface area contributed by atoms with Gasteiger partial charge in [0.15, 0.2) is 5.69 Å². The number of rotatable bonds is 6. The highest BCUT2D eigenvalue weighted by molar-refractivity contribution is 7.09. The van der Waals surface area contributed by atoms with Crippen LogP contribution in [0.5, 0.6) is 0 Å². The van der Waals surface area contributed by atoms with E-state index >= 15 is 0 Å². The van der Waals surface area contributed by atoms with E-state index in [-0.39, 0.29) is 29.6 Å². The third kappa shape index (κ3) is 4.23. The van der Waals surface area contributed by atoms with Crippen LogP contribution < -0.4 is 10.6 Å². The first-order valence-corrected chi connectivity index (χ1v) is 9.09. The summed E-state index contributed by atoms with van der Waals surface area (Å²) in [7, 11) is 0. The number of thiazole rings is 1. The zero-order valence-corrected chi connectivity index (χ0v) is 15.0. The lowest BCUT2D eigenvalue weighted by molar-refractivity contribution is -0.125. The summed E-state index contributed by atoms with van der Waals surface area (Å²) >= 11 is 1.56. The number of carbonyl (C=O) groups excluding carboxylic acids is 2. The molecule has 2 aromatic rings. The molecule has 8 nitrogen and oxygen atoms in total. The average molecular weight is 363 g/mol. The van der Waals surface area contributed by atoms with Gasteiger partial charge in [0.25, 0.3) is 5.91 Å². The molecule has 0 bridgehead atoms. The molecule has 2 N–H and O–H groups in total. The van der Waals surface area contributed by atoms with Crippen molar-refractivity contribution in [1.29, 1.82) is 0 Å². The molecule has 3 rings (SSSR count). The number of hydrogen-bond donors (Lipinski definition) is 2. The lowest BCUT2D eigenvalue weighted by atomic mass is 10.1. The van der Waals surface area contributed by atoms with Crippen molar-refractivity contribution in [2.75, 3.05) is 13.1 Å². The molecular formula is C16H21N5O3S. The second-order valence-electron chi connectivity index (χ2n) is 5.99. The predicted octanol–water partition coefficient (Wildman–Crippen LogP) is 0.949. The van der Waals surface area contributed by atoms with Crippen LogP contribution >= 0.6 is 11.3 Å². The Morgan fingerprint density at radius 1 is 1.48 bits per heavy atom. The Morgan fingerprint density at radius 2 is 2.32 bits per heavy atom. The fourth-order valence-corrected chi connectivity index (χ4v) is 3.63. The van der Waals surface area contributed by atoms with Gasteiger partial charge >= 0.3 is 0 Å². The van der Waals surface area contributed by atoms with E-state index in [0.29, 0.717) is 31.8 Å². The van der Waals surface area contributed by atoms with Crippen molar-refractivity contribution in [2.24, 2.45) is 0 Å². The molecule has 2 atom stereocenters. The van der Waals surface area contributed by atoms with E-state index < -0.39 is 0 Å². The summed E-state index contributed by atoms with van der Waals surface area (Å²) in [6.07, 6.45) is 2.31. The number of aryl methyl sites for hydroxylation is 1. The third-order valence-electron chi connectivity index (χ3n) is 4.07. The SMILES string of the molecule is CCNC(=O)[C@@H]1C[C@H](NC(=O)c2cc(C)on2)CN1Cc1nccs1. The Balaban J connectivity index is 1.67. The standard InChI is InChI=1S/C16H21N5O3S/c1-3-17-16(23)13-7-11(8-21(13)9-14-18-4-5-25-14)19-15(22)12-6-10(2)24-20-12/h4-6,11,13H,3,7-9H2,1-2H3,(H,17,23)(H,19,22)/t11-,13-/m0/s1. The summed E-state index contributed by atoms with van der Waals surface area (Å²) in [5, 5.41) is 12.4. The van der Waals surface area contributed by atoms with Crippen LogP contribution in [-0.2, 0) is 11.3 Å². The summed E-state index contributed by atoms with van der Waals surface area (Å²) in [5.41, 5.74) is 0.255. The van der Waals surface area contributed by atoms with Gasteiger partial charge in [-0.1, -0.05) is 5.16 Å². The normalized spacial score (nSPS) is 20.6. The number of nitrogens with zero attached hydrogens (tertiary/aromatic N) is 3. The molecule has 0 saturated carbocycles. The van der Waals surface area contributed by atoms with Crippen LogP contribution in [0.2, 0.25) is 0 Å². The first-order valence-electron chi connectivity index (χ1n) is 8.21. The maximum absolute atomic E-state index is 12.4. The van der Waals surface area contributed by atoms with E-state index in [1.807, 2.05) is 12.3 Å². The van der Waals surface area contributed by atoms with Crippen molar-refractivity contribution in [3.63, 3.8) is 0 Å². The second kappa shape index (κ2) is 7.75. The van der Waals surface area contributed by atoms with E-state index in [1.54, 1.807) is 30.5 Å². The van der Waals surface area contributed by atoms with E-state index in [0.717, 1.165) is 5.01 Å². The number of carbonyl (C=O) groups is 2. The van der Waals surface area contributed by atoms with Gasteiger partial charge in [0.1, 0.15) is 10.8 Å². The highest BCUT2D eigenvalue weighted by atomic mass is 32.1. The molecule has 1 aliphatic rings. The van der Waals surface area contributed by atoms with Crippen LogP contribution in [0.15, 0.2) is 22.2 Å². The molecule has 2 amide bonds. The molecule has 1 saturated heterocycles. The Hall–Kier alpha value is -2.26. The van der Waals surface area contributed by atoms with Crippen molar-refractivity contribution in [2.45, 2.75) is 38.9 Å². The van der Waals surface area contributed by atoms with Gasteiger partial charge in [-0.3, -0.25) is 14.5 Å². The van der Waals surface area contributed by atoms with Gasteiger partial charge in [-0.05, 0) is 20.3 Å². The lowest BCUT2D eigenvalue weighted by Gasteiger charge is -2.21. The summed E-state index contributed by atoms with van der Waals surface area (Å²) in [4.78, 5) is 31.0. The largest absolute Gasteiger partial charge is 0.361 e. The van der Waals surface area contributed by atoms with Crippen LogP contribution in [0.4, 0.5) is 0 Å². The first kappa shape index (κ1) is 17.6. The predicted molar refractivity (Wildman–Crippen MR) is 92.1 cm³/mol. The molecule has 1 aliphatic heterocycles. The highest BCUT2D eigenvalue weighted by Crippen LogP contribution is 2.22. The molecule has 0 unspecified atom stereocenters. The van der Waals surface area contributed by atoms with Crippen LogP contribution in [0.3, 0.4) is 0 Å². The summed E-state index contributed by atoms with van der Waals surface area (Å²) < 4.78 is 4.94. The second-order valence-corrected chi connectivity index (χ2v) is 6.97. The Bertz CT molecular complexity index is 730. The monoisotopic (exact) mass is 363 g/mol. The minimum Gasteiger partial charge on any atom is -0.361 e. The van der Waals surface area contributed by atoms with Crippen LogP contribution in [0.25, 0.3) is 0 Å². The summed E-state index contributed by atoms with van der Waals surface area (Å²) in [6, 6.07) is 1.18. The van der Waals surface area contributed by atoms with E-state index in [1.165, 1.54) is 0 Å². The Labute approximate surface area is 149 Å². The van der Waals surface area contributed by atoms with Gasteiger partial charge < -0.3 is 15.2 Å². The number of likely N-dealkylation sites (N-methyl/N-ethyl adjacent to an activating group) is 1. The van der Waals surface area contributed by atoms with Gasteiger partial charge in [0.2, 0.25) is 5.91 Å². The number of amides is 2. The topological polar surface area (TPSA) is 100 Å². The molecule has 0 aliphatic carbocycles. The molecule has 0 spiro atoms. The summed E-state index contributed by atoms with van der Waals surface area (Å²) in [5.74, 6) is 0.280. The molecule has 9 heteroatoms. The Kier molecular flexibility index (Phi) is 5.44. The van der Waals surface area contributed by atoms with Gasteiger partial charge in [0.05, 0.1) is 12.6 Å². The van der Waals surface area contributed by atoms with Crippen LogP contribution in [0.1, 0.15) is 34.6 Å². The zero-order chi connectivity index (χ0) is 17.8. The minimum atomic E-state index is -0.285. The Morgan fingerprint density at radius 3 is 2.96 bits per heavy atom. The molecule has 0 aromatic carbocycles. The van der Waals surface area contributed by atoms with Crippen molar-refractivity contribution < 1.29 is 14.1 Å². The number of likely N-dealkylation sites (tertiary alicyclic amines) is 1. The van der Waals surface area contributed by atoms with Gasteiger partial charge in [-0.25, -0.2) is 4.98 Å². The quantitative estimate of drug-likeness (QED) is 0.792. The van der Waals surface area contributed by atoms with E-state index in [9.17, 15) is 9.59 Å². The van der Waals surface area contributed by atoms with E-state index in [2.05, 4.69) is 25.7 Å². The molecule has 25 heavy (non-hydrogen) atoms. The maximum atomic E-state index is 12.4. The highest BCUT2D eigenvalue weighted by Gasteiger charge is 2.37. The van der Waals surface area contributed by atoms with Crippen LogP contribution in [-0.4, -0.2) is 52.0 Å². The smallest absolute Gasteiger partial charge is 0.273 e. The fraction of sp³-hybridized carbons (Fsp3) is 0.500. The number of hydrogen-bond acceptors (Lipinski definition) is 7. The molecule has 1 fully saturated rings. The minimum absolute atomic E-state index is 0.0203. The van der Waals surface area contributed by atoms with E-state index in [4.69, 9.17) is 4.52 Å². The van der Waals surface area contributed by atoms with Gasteiger partial charge in [0, 0.05) is 36.8 Å². The molecular weight excluding hydrogens is 342 g/mol. The van der Waals surface area contributed by atoms with Gasteiger partial charge in [-0.2, -0.15) is 0 Å². The summed E-state index contributed by atoms with van der Waals surface area (Å²) in [6.45, 7) is 5.39. The number of nitrogens with one attached hydrogen (secondary N) is 2. The molecule has 3 heterocycles. The first-order chi connectivity index (χ1) is 12.1. The average Bonchev–Trinajstić information content (AvgIpc) is 3.30. The molecule has 2 aromatic heterocycles. The molecule has 134 valence electrons. The van der Waals surface area contributed by atoms with Gasteiger partial charge in [-0.15, -0.1) is 11.3 Å². The zero-order valence-electron chi connectivity index (χ0n) is 14.2. The van der Waals surface area contributed by atoms with Crippen molar-refractivity contribution >= 4 is 23.2 Å².